The van der Waals surface area contributed by atoms with E-state index in [9.17, 15) is 4.79 Å². The van der Waals surface area contributed by atoms with Gasteiger partial charge in [0.1, 0.15) is 5.75 Å². The van der Waals surface area contributed by atoms with Gasteiger partial charge in [0.05, 0.1) is 24.1 Å². The minimum Gasteiger partial charge on any atom is -0.493 e. The van der Waals surface area contributed by atoms with Crippen molar-refractivity contribution in [2.45, 2.75) is 25.3 Å². The van der Waals surface area contributed by atoms with Crippen molar-refractivity contribution in [1.29, 1.82) is 0 Å². The highest BCUT2D eigenvalue weighted by Gasteiger charge is 2.30. The van der Waals surface area contributed by atoms with Gasteiger partial charge in [0.15, 0.2) is 0 Å². The molecule has 0 spiro atoms. The van der Waals surface area contributed by atoms with Crippen LogP contribution in [0.15, 0.2) is 30.3 Å². The van der Waals surface area contributed by atoms with Crippen molar-refractivity contribution in [2.75, 3.05) is 13.2 Å². The van der Waals surface area contributed by atoms with Crippen LogP contribution in [0.5, 0.6) is 5.75 Å². The lowest BCUT2D eigenvalue weighted by atomic mass is 10.2. The molecule has 102 valence electrons. The summed E-state index contributed by atoms with van der Waals surface area (Å²) >= 11 is 4.99. The normalized spacial score (nSPS) is 18.3. The van der Waals surface area contributed by atoms with Crippen LogP contribution < -0.4 is 10.5 Å². The summed E-state index contributed by atoms with van der Waals surface area (Å²) in [6, 6.07) is 9.41. The summed E-state index contributed by atoms with van der Waals surface area (Å²) in [4.78, 5) is 14.3. The van der Waals surface area contributed by atoms with Crippen molar-refractivity contribution in [3.8, 4) is 5.75 Å². The first kappa shape index (κ1) is 13.8. The summed E-state index contributed by atoms with van der Waals surface area (Å²) in [5.41, 5.74) is 5.65. The Bertz CT molecular complexity index is 450. The zero-order valence-corrected chi connectivity index (χ0v) is 11.6. The van der Waals surface area contributed by atoms with Crippen molar-refractivity contribution in [2.24, 2.45) is 5.73 Å². The molecule has 1 atom stereocenters. The third kappa shape index (κ3) is 3.67. The quantitative estimate of drug-likeness (QED) is 0.833. The topological polar surface area (TPSA) is 55.6 Å². The van der Waals surface area contributed by atoms with Crippen LogP contribution in [-0.4, -0.2) is 35.0 Å². The van der Waals surface area contributed by atoms with Gasteiger partial charge in [-0.25, -0.2) is 0 Å². The zero-order valence-electron chi connectivity index (χ0n) is 10.7. The Kier molecular flexibility index (Phi) is 4.74. The number of hydrogen-bond donors (Lipinski definition) is 1. The van der Waals surface area contributed by atoms with E-state index in [0.29, 0.717) is 18.0 Å². The van der Waals surface area contributed by atoms with Gasteiger partial charge >= 0.3 is 0 Å². The number of benzene rings is 1. The fraction of sp³-hybridized carbons (Fsp3) is 0.429. The number of para-hydroxylation sites is 1. The van der Waals surface area contributed by atoms with E-state index in [0.717, 1.165) is 25.1 Å². The number of carbonyl (C=O) groups is 1. The number of likely N-dealkylation sites (tertiary alicyclic amines) is 1. The van der Waals surface area contributed by atoms with Crippen molar-refractivity contribution < 1.29 is 9.53 Å². The molecule has 1 aromatic rings. The Morgan fingerprint density at radius 2 is 2.16 bits per heavy atom. The van der Waals surface area contributed by atoms with Crippen LogP contribution in [0.1, 0.15) is 19.3 Å². The first-order valence-electron chi connectivity index (χ1n) is 6.45. The summed E-state index contributed by atoms with van der Waals surface area (Å²) in [7, 11) is 0. The molecule has 5 heteroatoms. The van der Waals surface area contributed by atoms with E-state index < -0.39 is 0 Å². The molecule has 0 aromatic heterocycles. The van der Waals surface area contributed by atoms with Crippen LogP contribution in [0, 0.1) is 0 Å². The van der Waals surface area contributed by atoms with Crippen molar-refractivity contribution >= 4 is 23.1 Å². The van der Waals surface area contributed by atoms with Crippen molar-refractivity contribution in [1.82, 2.24) is 4.90 Å². The summed E-state index contributed by atoms with van der Waals surface area (Å²) in [5.74, 6) is 0.842. The van der Waals surface area contributed by atoms with E-state index in [1.165, 1.54) is 0 Å². The predicted molar refractivity (Wildman–Crippen MR) is 78.1 cm³/mol. The van der Waals surface area contributed by atoms with E-state index in [1.54, 1.807) is 4.90 Å². The molecule has 1 amide bonds. The largest absolute Gasteiger partial charge is 0.493 e. The molecule has 0 aliphatic carbocycles. The van der Waals surface area contributed by atoms with Gasteiger partial charge in [0.25, 0.3) is 0 Å². The number of hydrogen-bond acceptors (Lipinski definition) is 3. The molecule has 1 aliphatic heterocycles. The van der Waals surface area contributed by atoms with Gasteiger partial charge in [-0.2, -0.15) is 0 Å². The van der Waals surface area contributed by atoms with Gasteiger partial charge in [0.2, 0.25) is 5.91 Å². The molecule has 0 saturated carbocycles. The fourth-order valence-electron chi connectivity index (χ4n) is 2.28. The number of rotatable bonds is 5. The molecule has 2 N–H and O–H groups in total. The summed E-state index contributed by atoms with van der Waals surface area (Å²) in [6.07, 6.45) is 2.20. The molecule has 1 fully saturated rings. The first-order chi connectivity index (χ1) is 9.18. The van der Waals surface area contributed by atoms with Crippen LogP contribution in [0.3, 0.4) is 0 Å². The van der Waals surface area contributed by atoms with Gasteiger partial charge < -0.3 is 15.4 Å². The standard InChI is InChI=1S/C14H18N2O2S/c15-14(19)12-7-4-9-16(12)13(17)8-10-18-11-5-2-1-3-6-11/h1-3,5-6,12H,4,7-10H2,(H2,15,19). The third-order valence-electron chi connectivity index (χ3n) is 3.23. The summed E-state index contributed by atoms with van der Waals surface area (Å²) in [5, 5.41) is 0. The van der Waals surface area contributed by atoms with E-state index in [4.69, 9.17) is 22.7 Å². The zero-order chi connectivity index (χ0) is 13.7. The van der Waals surface area contributed by atoms with Crippen LogP contribution in [-0.2, 0) is 4.79 Å². The summed E-state index contributed by atoms with van der Waals surface area (Å²) < 4.78 is 5.52. The summed E-state index contributed by atoms with van der Waals surface area (Å²) in [6.45, 7) is 1.12. The highest BCUT2D eigenvalue weighted by molar-refractivity contribution is 7.80. The van der Waals surface area contributed by atoms with E-state index in [2.05, 4.69) is 0 Å². The fourth-order valence-corrected chi connectivity index (χ4v) is 2.52. The van der Waals surface area contributed by atoms with E-state index in [1.807, 2.05) is 30.3 Å². The monoisotopic (exact) mass is 278 g/mol. The minimum atomic E-state index is -0.0702. The molecule has 1 aliphatic rings. The van der Waals surface area contributed by atoms with E-state index >= 15 is 0 Å². The molecule has 1 unspecified atom stereocenters. The Hall–Kier alpha value is -1.62. The smallest absolute Gasteiger partial charge is 0.226 e. The molecule has 19 heavy (non-hydrogen) atoms. The number of nitrogens with zero attached hydrogens (tertiary/aromatic N) is 1. The Morgan fingerprint density at radius 3 is 2.84 bits per heavy atom. The highest BCUT2D eigenvalue weighted by Crippen LogP contribution is 2.18. The number of carbonyl (C=O) groups excluding carboxylic acids is 1. The van der Waals surface area contributed by atoms with E-state index in [-0.39, 0.29) is 11.9 Å². The maximum absolute atomic E-state index is 12.1. The Morgan fingerprint density at radius 1 is 1.42 bits per heavy atom. The molecule has 1 aromatic carbocycles. The Labute approximate surface area is 118 Å². The van der Waals surface area contributed by atoms with Crippen molar-refractivity contribution in [3.63, 3.8) is 0 Å². The molecule has 4 nitrogen and oxygen atoms in total. The average molecular weight is 278 g/mol. The maximum Gasteiger partial charge on any atom is 0.226 e. The second-order valence-corrected chi connectivity index (χ2v) is 5.03. The van der Waals surface area contributed by atoms with Gasteiger partial charge in [-0.1, -0.05) is 30.4 Å². The minimum absolute atomic E-state index is 0.0613. The number of amides is 1. The third-order valence-corrected chi connectivity index (χ3v) is 3.50. The molecular formula is C14H18N2O2S. The molecular weight excluding hydrogens is 260 g/mol. The van der Waals surface area contributed by atoms with Gasteiger partial charge in [-0.3, -0.25) is 4.79 Å². The van der Waals surface area contributed by atoms with Crippen LogP contribution in [0.4, 0.5) is 0 Å². The van der Waals surface area contributed by atoms with Gasteiger partial charge in [-0.15, -0.1) is 0 Å². The SMILES string of the molecule is NC(=S)C1CCCN1C(=O)CCOc1ccccc1. The molecule has 0 bridgehead atoms. The lowest BCUT2D eigenvalue weighted by molar-refractivity contribution is -0.131. The number of ether oxygens (including phenoxy) is 1. The molecule has 0 radical (unpaired) electrons. The number of thiocarbonyl (C=S) groups is 1. The average Bonchev–Trinajstić information content (AvgIpc) is 2.89. The Balaban J connectivity index is 1.80. The second-order valence-electron chi connectivity index (χ2n) is 4.56. The predicted octanol–water partition coefficient (Wildman–Crippen LogP) is 1.73. The highest BCUT2D eigenvalue weighted by atomic mass is 32.1. The lowest BCUT2D eigenvalue weighted by Crippen LogP contribution is -2.43. The van der Waals surface area contributed by atoms with Crippen LogP contribution in [0.25, 0.3) is 0 Å². The molecule has 2 rings (SSSR count). The lowest BCUT2D eigenvalue weighted by Gasteiger charge is -2.23. The molecule has 1 heterocycles. The van der Waals surface area contributed by atoms with Crippen LogP contribution in [0.2, 0.25) is 0 Å². The second kappa shape index (κ2) is 6.52. The van der Waals surface area contributed by atoms with Crippen molar-refractivity contribution in [3.05, 3.63) is 30.3 Å². The first-order valence-corrected chi connectivity index (χ1v) is 6.86. The van der Waals surface area contributed by atoms with Crippen LogP contribution >= 0.6 is 12.2 Å². The maximum atomic E-state index is 12.1. The van der Waals surface area contributed by atoms with Gasteiger partial charge in [0, 0.05) is 6.54 Å². The van der Waals surface area contributed by atoms with Gasteiger partial charge in [-0.05, 0) is 25.0 Å². The number of nitrogens with two attached hydrogens (primary N) is 1. The molecule has 1 saturated heterocycles.